The largest absolute Gasteiger partial charge is 1.00 e. The van der Waals surface area contributed by atoms with Gasteiger partial charge in [-0.2, -0.15) is 0 Å². The fourth-order valence-electron chi connectivity index (χ4n) is 1.41. The van der Waals surface area contributed by atoms with Crippen LogP contribution < -0.4 is 29.5 Å². The second kappa shape index (κ2) is 5.52. The van der Waals surface area contributed by atoms with Gasteiger partial charge in [0.25, 0.3) is 7.37 Å². The Morgan fingerprint density at radius 3 is 1.44 bits per heavy atom. The Kier molecular flexibility index (Phi) is 4.59. The van der Waals surface area contributed by atoms with E-state index in [0.29, 0.717) is 10.6 Å². The van der Waals surface area contributed by atoms with Gasteiger partial charge in [0.15, 0.2) is 0 Å². The van der Waals surface area contributed by atoms with E-state index in [9.17, 15) is 9.46 Å². The maximum Gasteiger partial charge on any atom is 1.00 e. The zero-order valence-corrected chi connectivity index (χ0v) is 9.97. The summed E-state index contributed by atoms with van der Waals surface area (Å²) in [6.07, 6.45) is 0. The standard InChI is InChI=1S/C12H11O2P.Li.H/c13-15(14,11-7-3-1-4-8-11)12-9-5-2-6-10-12;;/h1-10H,(H,13,14);;/q;+1;-1. The van der Waals surface area contributed by atoms with Crippen LogP contribution in [0.3, 0.4) is 0 Å². The molecule has 0 radical (unpaired) electrons. The van der Waals surface area contributed by atoms with E-state index >= 15 is 0 Å². The summed E-state index contributed by atoms with van der Waals surface area (Å²) in [5.74, 6) is 0. The van der Waals surface area contributed by atoms with Crippen molar-refractivity contribution in [3.63, 3.8) is 0 Å². The summed E-state index contributed by atoms with van der Waals surface area (Å²) < 4.78 is 12.2. The van der Waals surface area contributed by atoms with Gasteiger partial charge in [-0.25, -0.2) is 0 Å². The molecule has 0 fully saturated rings. The van der Waals surface area contributed by atoms with Crippen LogP contribution in [0.5, 0.6) is 0 Å². The molecule has 0 unspecified atom stereocenters. The molecule has 0 bridgehead atoms. The van der Waals surface area contributed by atoms with E-state index in [2.05, 4.69) is 0 Å². The van der Waals surface area contributed by atoms with Gasteiger partial charge in [0.2, 0.25) is 0 Å². The van der Waals surface area contributed by atoms with Gasteiger partial charge in [0.05, 0.1) is 0 Å². The normalized spacial score (nSPS) is 10.6. The van der Waals surface area contributed by atoms with Crippen LogP contribution in [0.4, 0.5) is 0 Å². The average Bonchev–Trinajstić information content (AvgIpc) is 2.31. The van der Waals surface area contributed by atoms with Gasteiger partial charge < -0.3 is 6.32 Å². The van der Waals surface area contributed by atoms with Crippen molar-refractivity contribution in [2.45, 2.75) is 0 Å². The van der Waals surface area contributed by atoms with E-state index < -0.39 is 7.37 Å². The van der Waals surface area contributed by atoms with Crippen LogP contribution in [0.2, 0.25) is 0 Å². The predicted molar refractivity (Wildman–Crippen MR) is 63.1 cm³/mol. The van der Waals surface area contributed by atoms with E-state index in [1.165, 1.54) is 0 Å². The molecule has 1 N–H and O–H groups in total. The summed E-state index contributed by atoms with van der Waals surface area (Å²) in [6.45, 7) is 0. The van der Waals surface area contributed by atoms with Gasteiger partial charge in [0.1, 0.15) is 0 Å². The van der Waals surface area contributed by atoms with Crippen LogP contribution in [0.15, 0.2) is 60.7 Å². The van der Waals surface area contributed by atoms with Crippen molar-refractivity contribution >= 4 is 18.0 Å². The third-order valence-corrected chi connectivity index (χ3v) is 4.21. The van der Waals surface area contributed by atoms with Crippen LogP contribution in [0.1, 0.15) is 1.43 Å². The first-order chi connectivity index (χ1) is 7.21. The Bertz CT molecular complexity index is 447. The molecular weight excluding hydrogens is 214 g/mol. The molecule has 0 aliphatic rings. The Morgan fingerprint density at radius 1 is 0.812 bits per heavy atom. The van der Waals surface area contributed by atoms with Crippen LogP contribution in [-0.4, -0.2) is 4.89 Å². The van der Waals surface area contributed by atoms with Crippen molar-refractivity contribution in [2.75, 3.05) is 0 Å². The summed E-state index contributed by atoms with van der Waals surface area (Å²) in [5, 5.41) is 0.937. The Morgan fingerprint density at radius 2 is 1.12 bits per heavy atom. The first kappa shape index (κ1) is 13.3. The Hall–Kier alpha value is -0.773. The fraction of sp³-hybridized carbons (Fsp3) is 0. The smallest absolute Gasteiger partial charge is 1.00 e. The first-order valence-corrected chi connectivity index (χ1v) is 6.31. The van der Waals surface area contributed by atoms with Crippen molar-refractivity contribution in [1.82, 2.24) is 0 Å². The predicted octanol–water partition coefficient (Wildman–Crippen LogP) is -0.976. The van der Waals surface area contributed by atoms with Crippen molar-refractivity contribution in [3.8, 4) is 0 Å². The van der Waals surface area contributed by atoms with Gasteiger partial charge in [-0.1, -0.05) is 36.4 Å². The topological polar surface area (TPSA) is 37.3 Å². The maximum atomic E-state index is 12.2. The van der Waals surface area contributed by atoms with Gasteiger partial charge in [-0.05, 0) is 24.3 Å². The van der Waals surface area contributed by atoms with Crippen molar-refractivity contribution in [1.29, 1.82) is 0 Å². The third kappa shape index (κ3) is 2.67. The Labute approximate surface area is 108 Å². The molecule has 0 heterocycles. The van der Waals surface area contributed by atoms with E-state index in [4.69, 9.17) is 0 Å². The van der Waals surface area contributed by atoms with Gasteiger partial charge in [-0.3, -0.25) is 4.57 Å². The number of hydrogen-bond acceptors (Lipinski definition) is 1. The molecule has 78 valence electrons. The monoisotopic (exact) mass is 226 g/mol. The molecule has 0 amide bonds. The number of benzene rings is 2. The molecule has 2 aromatic rings. The zero-order chi connectivity index (χ0) is 10.7. The van der Waals surface area contributed by atoms with E-state index in [0.717, 1.165) is 0 Å². The van der Waals surface area contributed by atoms with Crippen LogP contribution in [-0.2, 0) is 4.57 Å². The zero-order valence-electron chi connectivity index (χ0n) is 10.1. The van der Waals surface area contributed by atoms with Gasteiger partial charge in [-0.15, -0.1) is 0 Å². The van der Waals surface area contributed by atoms with Crippen LogP contribution in [0.25, 0.3) is 0 Å². The molecule has 16 heavy (non-hydrogen) atoms. The average molecular weight is 226 g/mol. The molecule has 0 saturated heterocycles. The summed E-state index contributed by atoms with van der Waals surface area (Å²) in [4.78, 5) is 10.0. The van der Waals surface area contributed by atoms with Gasteiger partial charge in [0, 0.05) is 10.6 Å². The summed E-state index contributed by atoms with van der Waals surface area (Å²) in [7, 11) is -3.40. The van der Waals surface area contributed by atoms with Crippen LogP contribution >= 0.6 is 7.37 Å². The van der Waals surface area contributed by atoms with Crippen molar-refractivity contribution < 1.29 is 29.7 Å². The van der Waals surface area contributed by atoms with E-state index in [-0.39, 0.29) is 20.3 Å². The summed E-state index contributed by atoms with van der Waals surface area (Å²) in [6, 6.07) is 17.4. The molecule has 4 heteroatoms. The van der Waals surface area contributed by atoms with Crippen molar-refractivity contribution in [3.05, 3.63) is 60.7 Å². The minimum Gasteiger partial charge on any atom is -1.00 e. The molecular formula is C12H12LiO2P. The van der Waals surface area contributed by atoms with E-state index in [1.807, 2.05) is 12.1 Å². The van der Waals surface area contributed by atoms with Gasteiger partial charge >= 0.3 is 18.9 Å². The molecule has 0 spiro atoms. The second-order valence-corrected chi connectivity index (χ2v) is 5.43. The van der Waals surface area contributed by atoms with Crippen LogP contribution in [0, 0.1) is 0 Å². The van der Waals surface area contributed by atoms with Crippen molar-refractivity contribution in [2.24, 2.45) is 0 Å². The quantitative estimate of drug-likeness (QED) is 0.528. The Balaban J connectivity index is 0.00000128. The summed E-state index contributed by atoms with van der Waals surface area (Å²) >= 11 is 0. The molecule has 0 aromatic heterocycles. The number of rotatable bonds is 2. The summed E-state index contributed by atoms with van der Waals surface area (Å²) in [5.41, 5.74) is 0. The minimum atomic E-state index is -3.40. The maximum absolute atomic E-state index is 12.2. The number of hydrogen-bond donors (Lipinski definition) is 1. The minimum absolute atomic E-state index is 0. The second-order valence-electron chi connectivity index (χ2n) is 3.25. The molecule has 0 aliphatic carbocycles. The molecule has 0 atom stereocenters. The molecule has 2 nitrogen and oxygen atoms in total. The fourth-order valence-corrected chi connectivity index (χ4v) is 2.86. The molecule has 2 aromatic carbocycles. The van der Waals surface area contributed by atoms with E-state index in [1.54, 1.807) is 48.5 Å². The first-order valence-electron chi connectivity index (χ1n) is 4.65. The SMILES string of the molecule is O=P(O)(c1ccccc1)c1ccccc1.[H-].[Li+]. The molecule has 0 saturated carbocycles. The molecule has 0 aliphatic heterocycles. The molecule has 2 rings (SSSR count). The third-order valence-electron chi connectivity index (χ3n) is 2.21.